The summed E-state index contributed by atoms with van der Waals surface area (Å²) in [6.45, 7) is 4.64. The predicted octanol–water partition coefficient (Wildman–Crippen LogP) is 1.50. The number of nitrogens with one attached hydrogen (secondary N) is 1. The molecular formula is C26H36F3N5O5. The number of aliphatic hydroxyl groups is 1. The number of hydrogen-bond donors (Lipinski definition) is 3. The van der Waals surface area contributed by atoms with E-state index in [9.17, 15) is 27.9 Å². The lowest BCUT2D eigenvalue weighted by Crippen LogP contribution is -2.57. The van der Waals surface area contributed by atoms with Gasteiger partial charge in [-0.05, 0) is 24.3 Å². The molecule has 0 spiro atoms. The topological polar surface area (TPSA) is 109 Å². The average Bonchev–Trinajstić information content (AvgIpc) is 2.96. The molecule has 3 atom stereocenters. The summed E-state index contributed by atoms with van der Waals surface area (Å²) in [5.41, 5.74) is 1.55. The van der Waals surface area contributed by atoms with Crippen molar-refractivity contribution in [3.05, 3.63) is 47.6 Å². The fourth-order valence-corrected chi connectivity index (χ4v) is 5.14. The Hall–Kier alpha value is -2.71. The molecule has 0 aromatic carbocycles. The van der Waals surface area contributed by atoms with Gasteiger partial charge in [-0.1, -0.05) is 36.5 Å². The van der Waals surface area contributed by atoms with Crippen LogP contribution >= 0.6 is 0 Å². The van der Waals surface area contributed by atoms with Crippen molar-refractivity contribution in [3.8, 4) is 0 Å². The third-order valence-electron chi connectivity index (χ3n) is 7.50. The molecule has 0 saturated carbocycles. The van der Waals surface area contributed by atoms with Gasteiger partial charge in [0, 0.05) is 45.8 Å². The third-order valence-corrected chi connectivity index (χ3v) is 7.50. The number of allylic oxidation sites excluding steroid dienone is 3. The molecule has 3 N–H and O–H groups in total. The van der Waals surface area contributed by atoms with E-state index in [0.717, 1.165) is 12.2 Å². The lowest BCUT2D eigenvalue weighted by Gasteiger charge is -2.41. The maximum atomic E-state index is 13.7. The molecule has 2 heterocycles. The number of halogens is 3. The van der Waals surface area contributed by atoms with Gasteiger partial charge in [-0.3, -0.25) is 9.69 Å². The van der Waals surface area contributed by atoms with E-state index in [1.165, 1.54) is 6.08 Å². The molecule has 13 heteroatoms. The maximum Gasteiger partial charge on any atom is 0.416 e. The first-order chi connectivity index (χ1) is 18.7. The van der Waals surface area contributed by atoms with E-state index in [1.807, 2.05) is 11.0 Å². The fraction of sp³-hybridized carbons (Fsp3) is 0.615. The van der Waals surface area contributed by atoms with Crippen molar-refractivity contribution in [1.82, 2.24) is 25.1 Å². The molecule has 3 amide bonds. The summed E-state index contributed by atoms with van der Waals surface area (Å²) in [6.07, 6.45) is 3.71. The lowest BCUT2D eigenvalue weighted by atomic mass is 9.94. The van der Waals surface area contributed by atoms with Crippen molar-refractivity contribution >= 4 is 11.9 Å². The van der Waals surface area contributed by atoms with Gasteiger partial charge in [0.25, 0.3) is 0 Å². The van der Waals surface area contributed by atoms with Crippen molar-refractivity contribution in [1.29, 1.82) is 0 Å². The van der Waals surface area contributed by atoms with Crippen LogP contribution in [-0.2, 0) is 9.53 Å². The average molecular weight is 556 g/mol. The van der Waals surface area contributed by atoms with E-state index in [-0.39, 0.29) is 37.4 Å². The quantitative estimate of drug-likeness (QED) is 0.323. The number of hydroxylamine groups is 1. The van der Waals surface area contributed by atoms with Crippen LogP contribution in [0.15, 0.2) is 47.6 Å². The van der Waals surface area contributed by atoms with Gasteiger partial charge in [-0.15, -0.1) is 0 Å². The highest BCUT2D eigenvalue weighted by molar-refractivity contribution is 5.78. The molecule has 39 heavy (non-hydrogen) atoms. The number of urea groups is 1. The summed E-state index contributed by atoms with van der Waals surface area (Å²) < 4.78 is 44.8. The summed E-state index contributed by atoms with van der Waals surface area (Å²) in [5.74, 6) is -0.0743. The van der Waals surface area contributed by atoms with Gasteiger partial charge < -0.3 is 29.8 Å². The molecule has 10 nitrogen and oxygen atoms in total. The van der Waals surface area contributed by atoms with Gasteiger partial charge >= 0.3 is 12.2 Å². The number of alkyl halides is 3. The minimum atomic E-state index is -4.44. The van der Waals surface area contributed by atoms with Gasteiger partial charge in [0.2, 0.25) is 5.91 Å². The van der Waals surface area contributed by atoms with Crippen LogP contribution in [0.3, 0.4) is 0 Å². The first kappa shape index (κ1) is 29.3. The van der Waals surface area contributed by atoms with Crippen LogP contribution in [0.1, 0.15) is 12.8 Å². The summed E-state index contributed by atoms with van der Waals surface area (Å²) in [4.78, 5) is 33.4. The fourth-order valence-electron chi connectivity index (χ4n) is 5.14. The van der Waals surface area contributed by atoms with Crippen LogP contribution in [0, 0.1) is 5.92 Å². The molecule has 0 aromatic heterocycles. The second-order valence-electron chi connectivity index (χ2n) is 10.1. The predicted molar refractivity (Wildman–Crippen MR) is 135 cm³/mol. The number of carbonyl (C=O) groups excluding carboxylic acids is 2. The van der Waals surface area contributed by atoms with Gasteiger partial charge in [0.05, 0.1) is 31.4 Å². The van der Waals surface area contributed by atoms with Gasteiger partial charge in [0.15, 0.2) is 6.23 Å². The van der Waals surface area contributed by atoms with Gasteiger partial charge in [-0.25, -0.2) is 4.79 Å². The zero-order chi connectivity index (χ0) is 28.0. The molecule has 2 saturated heterocycles. The Labute approximate surface area is 225 Å². The monoisotopic (exact) mass is 555 g/mol. The van der Waals surface area contributed by atoms with E-state index in [4.69, 9.17) is 9.94 Å². The largest absolute Gasteiger partial charge is 0.416 e. The number of ether oxygens (including phenoxy) is 1. The highest BCUT2D eigenvalue weighted by Crippen LogP contribution is 2.31. The molecule has 2 fully saturated rings. The zero-order valence-electron chi connectivity index (χ0n) is 21.7. The van der Waals surface area contributed by atoms with Crippen LogP contribution in [0.2, 0.25) is 0 Å². The van der Waals surface area contributed by atoms with Gasteiger partial charge in [-0.2, -0.15) is 18.7 Å². The standard InChI is InChI=1S/C26H36F3N5O5/c27-26(28,29)21-5-7-22(8-6-21)34(17-19-1-3-20(4-2-19)24(36)30-38)25(37)33-11-9-31(10-12-33)18-23(35)32-13-15-39-16-14-32/h1,3-7,19,22,24,30,36,38H,2,8-18H2. The SMILES string of the molecule is O=C(CN1CCN(C(=O)N(CC2C=CC(C(O)NO)=CC2)C2C=CC(C(F)(F)F)=CC2)CC1)N1CCOCC1. The zero-order valence-corrected chi connectivity index (χ0v) is 21.7. The smallest absolute Gasteiger partial charge is 0.378 e. The Morgan fingerprint density at radius 1 is 1.03 bits per heavy atom. The number of nitrogens with zero attached hydrogens (tertiary/aromatic N) is 4. The highest BCUT2D eigenvalue weighted by Gasteiger charge is 2.36. The number of aliphatic hydroxyl groups excluding tert-OH is 1. The molecule has 3 unspecified atom stereocenters. The number of morpholine rings is 1. The Bertz CT molecular complexity index is 1000. The Morgan fingerprint density at radius 2 is 1.74 bits per heavy atom. The second-order valence-corrected chi connectivity index (χ2v) is 10.1. The van der Waals surface area contributed by atoms with Crippen molar-refractivity contribution in [2.75, 3.05) is 65.6 Å². The van der Waals surface area contributed by atoms with Crippen LogP contribution in [0.25, 0.3) is 0 Å². The number of rotatable bonds is 7. The van der Waals surface area contributed by atoms with Crippen LogP contribution < -0.4 is 5.48 Å². The van der Waals surface area contributed by atoms with E-state index in [0.29, 0.717) is 64.5 Å². The Kier molecular flexibility index (Phi) is 9.83. The van der Waals surface area contributed by atoms with E-state index >= 15 is 0 Å². The third kappa shape index (κ3) is 7.70. The van der Waals surface area contributed by atoms with Crippen molar-refractivity contribution < 1.29 is 37.8 Å². The Morgan fingerprint density at radius 3 is 2.31 bits per heavy atom. The van der Waals surface area contributed by atoms with E-state index < -0.39 is 24.0 Å². The van der Waals surface area contributed by atoms with Crippen LogP contribution in [0.4, 0.5) is 18.0 Å². The van der Waals surface area contributed by atoms with Crippen LogP contribution in [-0.4, -0.2) is 126 Å². The second kappa shape index (κ2) is 13.1. The minimum Gasteiger partial charge on any atom is -0.378 e. The molecule has 4 aliphatic rings. The van der Waals surface area contributed by atoms with E-state index in [1.54, 1.807) is 32.3 Å². The summed E-state index contributed by atoms with van der Waals surface area (Å²) in [5, 5.41) is 18.7. The molecule has 0 aromatic rings. The molecule has 4 rings (SSSR count). The van der Waals surface area contributed by atoms with Crippen molar-refractivity contribution in [2.24, 2.45) is 5.92 Å². The molecule has 2 aliphatic heterocycles. The first-order valence-electron chi connectivity index (χ1n) is 13.2. The van der Waals surface area contributed by atoms with Crippen LogP contribution in [0.5, 0.6) is 0 Å². The molecule has 216 valence electrons. The number of carbonyl (C=O) groups is 2. The Balaban J connectivity index is 1.38. The summed E-state index contributed by atoms with van der Waals surface area (Å²) >= 11 is 0. The summed E-state index contributed by atoms with van der Waals surface area (Å²) in [7, 11) is 0. The number of piperazine rings is 1. The van der Waals surface area contributed by atoms with Crippen molar-refractivity contribution in [2.45, 2.75) is 31.3 Å². The van der Waals surface area contributed by atoms with Gasteiger partial charge in [0.1, 0.15) is 0 Å². The number of amides is 3. The molecule has 2 aliphatic carbocycles. The minimum absolute atomic E-state index is 0.0392. The molecule has 0 radical (unpaired) electrons. The van der Waals surface area contributed by atoms with E-state index in [2.05, 4.69) is 0 Å². The molecule has 0 bridgehead atoms. The maximum absolute atomic E-state index is 13.7. The normalized spacial score (nSPS) is 25.3. The highest BCUT2D eigenvalue weighted by atomic mass is 19.4. The first-order valence-corrected chi connectivity index (χ1v) is 13.2. The molecular weight excluding hydrogens is 519 g/mol. The summed E-state index contributed by atoms with van der Waals surface area (Å²) in [6, 6.07) is -0.791. The number of hydrogen-bond acceptors (Lipinski definition) is 7. The van der Waals surface area contributed by atoms with Crippen molar-refractivity contribution in [3.63, 3.8) is 0 Å². The lowest BCUT2D eigenvalue weighted by molar-refractivity contribution is -0.136.